The molecule has 10 aromatic rings. The molecule has 610 valence electrons. The quantitative estimate of drug-likeness (QED) is 0.00739. The van der Waals surface area contributed by atoms with Crippen LogP contribution in [0.2, 0.25) is 0 Å². The number of aromatic nitrogens is 3. The van der Waals surface area contributed by atoms with E-state index in [1.165, 1.54) is 23.9 Å². The second kappa shape index (κ2) is 45.2. The fraction of sp³-hybridized carbons (Fsp3) is 0.284. The Kier molecular flexibility index (Phi) is 34.2. The number of amides is 9. The van der Waals surface area contributed by atoms with Crippen LogP contribution in [0.5, 0.6) is 51.7 Å². The van der Waals surface area contributed by atoms with Gasteiger partial charge in [-0.2, -0.15) is 0 Å². The highest BCUT2D eigenvalue weighted by atomic mass is 32.1. The lowest BCUT2D eigenvalue weighted by Crippen LogP contribution is -2.42. The van der Waals surface area contributed by atoms with Crippen LogP contribution >= 0.6 is 11.3 Å². The summed E-state index contributed by atoms with van der Waals surface area (Å²) in [5.74, 6) is 4.45. The van der Waals surface area contributed by atoms with Gasteiger partial charge in [0.1, 0.15) is 80.1 Å². The molecule has 0 unspecified atom stereocenters. The van der Waals surface area contributed by atoms with Crippen LogP contribution in [-0.2, 0) is 11.4 Å². The van der Waals surface area contributed by atoms with Crippen molar-refractivity contribution in [3.63, 3.8) is 0 Å². The number of H-pyrrole nitrogens is 3. The minimum Gasteiger partial charge on any atom is -0.497 e. The Morgan fingerprint density at radius 1 is 0.417 bits per heavy atom. The Hall–Kier alpha value is -13.4. The lowest BCUT2D eigenvalue weighted by molar-refractivity contribution is -0.383. The zero-order valence-corrected chi connectivity index (χ0v) is 66.2. The van der Waals surface area contributed by atoms with Gasteiger partial charge >= 0.3 is 23.8 Å². The first-order valence-electron chi connectivity index (χ1n) is 36.2. The molecule has 0 aliphatic rings. The SMILES string of the molecule is CNNC(=O)NCCCCNC(=O)c1[nH]c(-c2ccc(OC)cc2)c([N+](=O)[O-])c1-c1cccs1.COc1cc(OC)cc(-c2cc(-c3cc(OC)cc(OC)c3)c(C(=O)NCCCCNC(=O)NO)[nH]2)c1.COc1cc(OC)cc(-c2cc(-c3cc(OC)cc(OC)c3)c(C(=O)NCCCCNC(=O)NOCc3ccccc3)[nH]2)c1. The number of hydrogen-bond acceptors (Lipinski definition) is 21. The topological polar surface area (TPSA) is 426 Å². The van der Waals surface area contributed by atoms with E-state index in [0.29, 0.717) is 174 Å². The van der Waals surface area contributed by atoms with E-state index in [0.717, 1.165) is 27.8 Å². The largest absolute Gasteiger partial charge is 0.497 e. The van der Waals surface area contributed by atoms with Gasteiger partial charge in [0.2, 0.25) is 0 Å². The van der Waals surface area contributed by atoms with Gasteiger partial charge in [0.15, 0.2) is 0 Å². The van der Waals surface area contributed by atoms with Crippen LogP contribution < -0.4 is 96.3 Å². The first-order chi connectivity index (χ1) is 55.8. The monoisotopic (exact) mass is 1600 g/mol. The molecule has 33 nitrogen and oxygen atoms in total. The summed E-state index contributed by atoms with van der Waals surface area (Å²) in [5, 5.41) is 39.0. The number of hydrogen-bond donors (Lipinski definition) is 14. The number of unbranched alkanes of at least 4 members (excludes halogenated alkanes) is 3. The van der Waals surface area contributed by atoms with Crippen molar-refractivity contribution in [2.45, 2.75) is 45.1 Å². The van der Waals surface area contributed by atoms with Crippen LogP contribution in [0.4, 0.5) is 20.1 Å². The van der Waals surface area contributed by atoms with Gasteiger partial charge in [-0.1, -0.05) is 36.4 Å². The highest BCUT2D eigenvalue weighted by Gasteiger charge is 2.33. The van der Waals surface area contributed by atoms with E-state index in [4.69, 9.17) is 52.7 Å². The third-order valence-corrected chi connectivity index (χ3v) is 18.3. The average molecular weight is 1600 g/mol. The standard InChI is InChI=1S/C33H38N4O7.C26H32N4O7.C22H26N6O5S/c1-40-25-14-23(15-26(18-25)41-2)29-20-30(24-16-27(42-3)19-28(17-24)43-4)36-31(29)32(38)34-12-8-9-13-35-33(39)37-44-21-22-10-6-5-7-11-22;1-34-18-9-16(10-19(13-18)35-2)22-15-23(17-11-20(36-3)14-21(12-17)37-4)29-24(22)25(31)27-7-5-6-8-28-26(32)30-33;1-23-27-22(30)25-12-4-3-11-24-21(29)19-17(16-6-5-13-34-16)20(28(31)32)18(26-19)14-7-9-15(33-2)10-8-14/h5-7,10-11,14-20,36H,8-9,12-13,21H2,1-4H3,(H,34,38)(H2,35,37,39);9-15,29,33H,5-8H2,1-4H3,(H,27,31)(H2,28,30,32);5-10,13,23,26H,3-4,11-12H2,1-2H3,(H,24,29)(H2,25,27,30). The maximum absolute atomic E-state index is 13.5. The summed E-state index contributed by atoms with van der Waals surface area (Å²) >= 11 is 1.32. The number of thiophene rings is 1. The second-order valence-electron chi connectivity index (χ2n) is 24.9. The number of nitro groups is 1. The van der Waals surface area contributed by atoms with Crippen molar-refractivity contribution < 1.29 is 86.4 Å². The molecule has 0 aliphatic carbocycles. The van der Waals surface area contributed by atoms with E-state index in [1.807, 2.05) is 91.0 Å². The minimum atomic E-state index is -0.671. The van der Waals surface area contributed by atoms with Crippen LogP contribution in [0.15, 0.2) is 157 Å². The number of nitrogens with zero attached hydrogens (tertiary/aromatic N) is 1. The van der Waals surface area contributed by atoms with Gasteiger partial charge in [-0.3, -0.25) is 40.0 Å². The average Bonchev–Trinajstić information content (AvgIpc) is 1.62. The molecule has 34 heteroatoms. The van der Waals surface area contributed by atoms with Crippen molar-refractivity contribution in [2.24, 2.45) is 0 Å². The molecule has 10 rings (SSSR count). The van der Waals surface area contributed by atoms with Crippen LogP contribution in [0, 0.1) is 10.1 Å². The molecule has 0 saturated carbocycles. The van der Waals surface area contributed by atoms with Crippen LogP contribution in [-0.4, -0.2) is 171 Å². The molecular formula is C81H96N14O19S. The van der Waals surface area contributed by atoms with E-state index < -0.39 is 22.9 Å². The molecular weight excluding hydrogens is 1510 g/mol. The fourth-order valence-electron chi connectivity index (χ4n) is 11.6. The van der Waals surface area contributed by atoms with Gasteiger partial charge in [0.25, 0.3) is 17.7 Å². The molecule has 0 bridgehead atoms. The molecule has 6 aromatic carbocycles. The number of rotatable bonds is 38. The maximum Gasteiger partial charge on any atom is 0.338 e. The molecule has 0 spiro atoms. The zero-order valence-electron chi connectivity index (χ0n) is 65.4. The number of benzene rings is 6. The molecule has 0 saturated heterocycles. The molecule has 0 atom stereocenters. The van der Waals surface area contributed by atoms with Gasteiger partial charge in [-0.15, -0.1) is 11.3 Å². The van der Waals surface area contributed by atoms with E-state index in [1.54, 1.807) is 130 Å². The molecule has 115 heavy (non-hydrogen) atoms. The first-order valence-corrected chi connectivity index (χ1v) is 37.1. The zero-order chi connectivity index (χ0) is 82.6. The number of methoxy groups -OCH3 is 9. The third kappa shape index (κ3) is 25.5. The maximum atomic E-state index is 13.5. The van der Waals surface area contributed by atoms with Gasteiger partial charge in [-0.25, -0.2) is 30.8 Å². The summed E-state index contributed by atoms with van der Waals surface area (Å²) in [6.07, 6.45) is 3.82. The lowest BCUT2D eigenvalue weighted by atomic mass is 10.0. The molecule has 0 radical (unpaired) electrons. The van der Waals surface area contributed by atoms with Crippen molar-refractivity contribution in [3.8, 4) is 118 Å². The van der Waals surface area contributed by atoms with Crippen molar-refractivity contribution in [1.29, 1.82) is 0 Å². The number of hydroxylamine groups is 2. The van der Waals surface area contributed by atoms with E-state index in [2.05, 4.69) is 63.2 Å². The van der Waals surface area contributed by atoms with Crippen LogP contribution in [0.3, 0.4) is 0 Å². The van der Waals surface area contributed by atoms with Crippen molar-refractivity contribution in [3.05, 3.63) is 190 Å². The number of carbonyl (C=O) groups excluding carboxylic acids is 6. The van der Waals surface area contributed by atoms with Gasteiger partial charge < -0.3 is 89.5 Å². The van der Waals surface area contributed by atoms with Gasteiger partial charge in [-0.05, 0) is 152 Å². The normalized spacial score (nSPS) is 10.5. The van der Waals surface area contributed by atoms with Crippen molar-refractivity contribution in [1.82, 2.24) is 68.7 Å². The summed E-state index contributed by atoms with van der Waals surface area (Å²) in [5.41, 5.74) is 17.3. The minimum absolute atomic E-state index is 0.131. The summed E-state index contributed by atoms with van der Waals surface area (Å²) in [4.78, 5) is 101. The predicted octanol–water partition coefficient (Wildman–Crippen LogP) is 12.2. The van der Waals surface area contributed by atoms with Crippen molar-refractivity contribution in [2.75, 3.05) is 110 Å². The number of aromatic amines is 3. The lowest BCUT2D eigenvalue weighted by Gasteiger charge is -2.10. The first kappa shape index (κ1) is 87.1. The smallest absolute Gasteiger partial charge is 0.338 e. The van der Waals surface area contributed by atoms with Gasteiger partial charge in [0.05, 0.1) is 75.5 Å². The number of carbonyl (C=O) groups is 6. The molecule has 4 heterocycles. The van der Waals surface area contributed by atoms with Crippen molar-refractivity contribution >= 4 is 52.8 Å². The Bertz CT molecular complexity index is 4750. The Morgan fingerprint density at radius 3 is 1.17 bits per heavy atom. The van der Waals surface area contributed by atoms with Crippen LogP contribution in [0.1, 0.15) is 75.6 Å². The molecule has 0 fully saturated rings. The number of hydrazine groups is 1. The highest BCUT2D eigenvalue weighted by molar-refractivity contribution is 7.13. The summed E-state index contributed by atoms with van der Waals surface area (Å²) in [7, 11) is 15.7. The fourth-order valence-corrected chi connectivity index (χ4v) is 12.4. The van der Waals surface area contributed by atoms with Gasteiger partial charge in [0, 0.05) is 115 Å². The van der Waals surface area contributed by atoms with E-state index >= 15 is 0 Å². The molecule has 0 aliphatic heterocycles. The Balaban J connectivity index is 0.000000218. The number of nitrogens with one attached hydrogen (secondary N) is 13. The molecule has 14 N–H and O–H groups in total. The molecule has 9 amide bonds. The summed E-state index contributed by atoms with van der Waals surface area (Å²) < 4.78 is 48.6. The van der Waals surface area contributed by atoms with Crippen LogP contribution in [0.25, 0.3) is 66.5 Å². The highest BCUT2D eigenvalue weighted by Crippen LogP contribution is 2.44. The summed E-state index contributed by atoms with van der Waals surface area (Å²) in [6, 6.07) is 44.1. The Labute approximate surface area is 668 Å². The second-order valence-corrected chi connectivity index (χ2v) is 25.9. The summed E-state index contributed by atoms with van der Waals surface area (Å²) in [6.45, 7) is 2.66. The predicted molar refractivity (Wildman–Crippen MR) is 435 cm³/mol. The number of ether oxygens (including phenoxy) is 9. The number of urea groups is 3. The molecule has 4 aromatic heterocycles. The van der Waals surface area contributed by atoms with E-state index in [9.17, 15) is 38.9 Å². The third-order valence-electron chi connectivity index (χ3n) is 17.4. The van der Waals surface area contributed by atoms with E-state index in [-0.39, 0.29) is 47.1 Å². The Morgan fingerprint density at radius 2 is 0.800 bits per heavy atom.